The highest BCUT2D eigenvalue weighted by Crippen LogP contribution is 2.27. The van der Waals surface area contributed by atoms with Crippen molar-refractivity contribution in [2.24, 2.45) is 7.05 Å². The Kier molecular flexibility index (Phi) is 3.83. The van der Waals surface area contributed by atoms with Gasteiger partial charge >= 0.3 is 5.69 Å². The van der Waals surface area contributed by atoms with Crippen molar-refractivity contribution in [3.8, 4) is 0 Å². The van der Waals surface area contributed by atoms with Crippen LogP contribution in [0.5, 0.6) is 0 Å². The SMILES string of the molecule is CCC(O)CNc1c([N+](=O)[O-])c(C)nn1C. The number of rotatable bonds is 5. The number of hydrogen-bond acceptors (Lipinski definition) is 5. The van der Waals surface area contributed by atoms with Gasteiger partial charge in [0, 0.05) is 13.6 Å². The molecule has 0 bridgehead atoms. The van der Waals surface area contributed by atoms with Gasteiger partial charge in [0.25, 0.3) is 0 Å². The molecule has 0 aliphatic heterocycles. The Balaban J connectivity index is 2.90. The Morgan fingerprint density at radius 1 is 1.69 bits per heavy atom. The summed E-state index contributed by atoms with van der Waals surface area (Å²) in [4.78, 5) is 10.4. The van der Waals surface area contributed by atoms with Gasteiger partial charge in [-0.2, -0.15) is 5.10 Å². The van der Waals surface area contributed by atoms with Crippen LogP contribution in [0.2, 0.25) is 0 Å². The first-order valence-electron chi connectivity index (χ1n) is 5.07. The Hall–Kier alpha value is -1.63. The van der Waals surface area contributed by atoms with Crippen molar-refractivity contribution in [1.82, 2.24) is 9.78 Å². The standard InChI is InChI=1S/C9H16N4O3/c1-4-7(14)5-10-9-8(13(15)16)6(2)11-12(9)3/h7,10,14H,4-5H2,1-3H3. The normalized spacial score (nSPS) is 12.5. The van der Waals surface area contributed by atoms with Crippen molar-refractivity contribution in [3.63, 3.8) is 0 Å². The molecule has 1 unspecified atom stereocenters. The van der Waals surface area contributed by atoms with Crippen LogP contribution in [-0.2, 0) is 7.05 Å². The zero-order valence-corrected chi connectivity index (χ0v) is 9.60. The Labute approximate surface area is 93.2 Å². The second kappa shape index (κ2) is 4.93. The maximum atomic E-state index is 10.8. The van der Waals surface area contributed by atoms with Crippen molar-refractivity contribution in [1.29, 1.82) is 0 Å². The average molecular weight is 228 g/mol. The lowest BCUT2D eigenvalue weighted by Gasteiger charge is -2.09. The number of hydrogen-bond donors (Lipinski definition) is 2. The molecule has 1 atom stereocenters. The van der Waals surface area contributed by atoms with Crippen molar-refractivity contribution >= 4 is 11.5 Å². The maximum absolute atomic E-state index is 10.8. The lowest BCUT2D eigenvalue weighted by Crippen LogP contribution is -2.20. The van der Waals surface area contributed by atoms with E-state index in [2.05, 4.69) is 10.4 Å². The van der Waals surface area contributed by atoms with Crippen LogP contribution >= 0.6 is 0 Å². The minimum atomic E-state index is -0.519. The minimum absolute atomic E-state index is 0.0363. The van der Waals surface area contributed by atoms with E-state index in [1.165, 1.54) is 4.68 Å². The van der Waals surface area contributed by atoms with E-state index in [9.17, 15) is 15.2 Å². The molecule has 0 aromatic carbocycles. The number of aliphatic hydroxyl groups excluding tert-OH is 1. The second-order valence-corrected chi connectivity index (χ2v) is 3.61. The molecule has 2 N–H and O–H groups in total. The van der Waals surface area contributed by atoms with Gasteiger partial charge in [0.1, 0.15) is 5.69 Å². The van der Waals surface area contributed by atoms with Gasteiger partial charge in [-0.3, -0.25) is 10.1 Å². The predicted molar refractivity (Wildman–Crippen MR) is 59.4 cm³/mol. The monoisotopic (exact) mass is 228 g/mol. The van der Waals surface area contributed by atoms with Crippen LogP contribution in [0.3, 0.4) is 0 Å². The molecule has 0 fully saturated rings. The molecule has 0 saturated carbocycles. The number of nitrogens with zero attached hydrogens (tertiary/aromatic N) is 3. The largest absolute Gasteiger partial charge is 0.391 e. The zero-order chi connectivity index (χ0) is 12.3. The number of aryl methyl sites for hydroxylation is 2. The smallest absolute Gasteiger partial charge is 0.333 e. The first kappa shape index (κ1) is 12.4. The quantitative estimate of drug-likeness (QED) is 0.574. The third-order valence-corrected chi connectivity index (χ3v) is 2.35. The van der Waals surface area contributed by atoms with Crippen molar-refractivity contribution in [3.05, 3.63) is 15.8 Å². The molecule has 1 aromatic heterocycles. The summed E-state index contributed by atoms with van der Waals surface area (Å²) in [5.41, 5.74) is 0.326. The summed E-state index contributed by atoms with van der Waals surface area (Å²) < 4.78 is 1.41. The van der Waals surface area contributed by atoms with Crippen LogP contribution in [0, 0.1) is 17.0 Å². The third-order valence-electron chi connectivity index (χ3n) is 2.35. The lowest BCUT2D eigenvalue weighted by atomic mass is 10.3. The predicted octanol–water partition coefficient (Wildman–Crippen LogP) is 0.820. The summed E-state index contributed by atoms with van der Waals surface area (Å²) >= 11 is 0. The number of nitro groups is 1. The van der Waals surface area contributed by atoms with Gasteiger partial charge in [-0.25, -0.2) is 4.68 Å². The van der Waals surface area contributed by atoms with Crippen molar-refractivity contribution < 1.29 is 10.0 Å². The fourth-order valence-electron chi connectivity index (χ4n) is 1.42. The molecule has 1 aromatic rings. The zero-order valence-electron chi connectivity index (χ0n) is 9.60. The maximum Gasteiger partial charge on any atom is 0.333 e. The summed E-state index contributed by atoms with van der Waals surface area (Å²) in [5.74, 6) is 0.329. The van der Waals surface area contributed by atoms with E-state index in [1.54, 1.807) is 14.0 Å². The fraction of sp³-hybridized carbons (Fsp3) is 0.667. The summed E-state index contributed by atoms with van der Waals surface area (Å²) in [5, 5.41) is 27.0. The number of anilines is 1. The molecule has 0 spiro atoms. The summed E-state index contributed by atoms with van der Waals surface area (Å²) in [7, 11) is 1.63. The Morgan fingerprint density at radius 2 is 2.31 bits per heavy atom. The molecule has 7 nitrogen and oxygen atoms in total. The molecule has 7 heteroatoms. The molecular weight excluding hydrogens is 212 g/mol. The molecule has 0 amide bonds. The average Bonchev–Trinajstić information content (AvgIpc) is 2.49. The minimum Gasteiger partial charge on any atom is -0.391 e. The molecular formula is C9H16N4O3. The van der Waals surface area contributed by atoms with Gasteiger partial charge in [0.2, 0.25) is 5.82 Å². The summed E-state index contributed by atoms with van der Waals surface area (Å²) in [6.07, 6.45) is 0.0762. The van der Waals surface area contributed by atoms with E-state index < -0.39 is 11.0 Å². The van der Waals surface area contributed by atoms with Crippen LogP contribution in [-0.4, -0.2) is 32.5 Å². The van der Waals surface area contributed by atoms with Crippen LogP contribution in [0.25, 0.3) is 0 Å². The highest BCUT2D eigenvalue weighted by atomic mass is 16.6. The first-order valence-corrected chi connectivity index (χ1v) is 5.07. The van der Waals surface area contributed by atoms with Crippen LogP contribution in [0.15, 0.2) is 0 Å². The topological polar surface area (TPSA) is 93.2 Å². The van der Waals surface area contributed by atoms with E-state index >= 15 is 0 Å². The van der Waals surface area contributed by atoms with Crippen LogP contribution < -0.4 is 5.32 Å². The number of nitrogens with one attached hydrogen (secondary N) is 1. The number of aliphatic hydroxyl groups is 1. The van der Waals surface area contributed by atoms with Gasteiger partial charge in [0.15, 0.2) is 0 Å². The third kappa shape index (κ3) is 2.48. The number of aromatic nitrogens is 2. The van der Waals surface area contributed by atoms with Gasteiger partial charge in [-0.05, 0) is 13.3 Å². The van der Waals surface area contributed by atoms with Crippen LogP contribution in [0.1, 0.15) is 19.0 Å². The van der Waals surface area contributed by atoms with Gasteiger partial charge in [-0.1, -0.05) is 6.92 Å². The van der Waals surface area contributed by atoms with Gasteiger partial charge < -0.3 is 10.4 Å². The molecule has 90 valence electrons. The molecule has 0 radical (unpaired) electrons. The van der Waals surface area contributed by atoms with E-state index in [0.29, 0.717) is 17.9 Å². The van der Waals surface area contributed by atoms with E-state index in [4.69, 9.17) is 0 Å². The molecule has 16 heavy (non-hydrogen) atoms. The highest BCUT2D eigenvalue weighted by Gasteiger charge is 2.23. The summed E-state index contributed by atoms with van der Waals surface area (Å²) in [6, 6.07) is 0. The van der Waals surface area contributed by atoms with E-state index in [0.717, 1.165) is 0 Å². The molecule has 0 saturated heterocycles. The molecule has 0 aliphatic rings. The molecule has 1 rings (SSSR count). The first-order chi connectivity index (χ1) is 7.47. The Bertz CT molecular complexity index is 388. The second-order valence-electron chi connectivity index (χ2n) is 3.61. The van der Waals surface area contributed by atoms with Gasteiger partial charge in [-0.15, -0.1) is 0 Å². The van der Waals surface area contributed by atoms with Crippen LogP contribution in [0.4, 0.5) is 11.5 Å². The molecule has 1 heterocycles. The summed E-state index contributed by atoms with van der Waals surface area (Å²) in [6.45, 7) is 3.70. The molecule has 0 aliphatic carbocycles. The van der Waals surface area contributed by atoms with Gasteiger partial charge in [0.05, 0.1) is 11.0 Å². The van der Waals surface area contributed by atoms with Crippen molar-refractivity contribution in [2.75, 3.05) is 11.9 Å². The fourth-order valence-corrected chi connectivity index (χ4v) is 1.42. The highest BCUT2D eigenvalue weighted by molar-refractivity contribution is 5.59. The lowest BCUT2D eigenvalue weighted by molar-refractivity contribution is -0.384. The Morgan fingerprint density at radius 3 is 2.81 bits per heavy atom. The van der Waals surface area contributed by atoms with E-state index in [-0.39, 0.29) is 12.2 Å². The van der Waals surface area contributed by atoms with E-state index in [1.807, 2.05) is 6.92 Å². The van der Waals surface area contributed by atoms with Crippen molar-refractivity contribution in [2.45, 2.75) is 26.4 Å².